The van der Waals surface area contributed by atoms with Gasteiger partial charge in [0, 0.05) is 37.1 Å². The summed E-state index contributed by atoms with van der Waals surface area (Å²) in [5, 5.41) is 27.5. The van der Waals surface area contributed by atoms with Crippen LogP contribution in [0.3, 0.4) is 0 Å². The highest BCUT2D eigenvalue weighted by atomic mass is 32.1. The van der Waals surface area contributed by atoms with Gasteiger partial charge in [0.05, 0.1) is 44.0 Å². The number of carbonyl (C=O) groups excluding carboxylic acids is 1. The van der Waals surface area contributed by atoms with Crippen LogP contribution < -0.4 is 25.0 Å². The van der Waals surface area contributed by atoms with Gasteiger partial charge >= 0.3 is 0 Å². The normalized spacial score (nSPS) is 26.8. The molecule has 0 spiro atoms. The minimum Gasteiger partial charge on any atom is -0.497 e. The molecule has 1 aromatic carbocycles. The second-order valence-electron chi connectivity index (χ2n) is 7.89. The number of pyridine rings is 1. The Bertz CT molecular complexity index is 969. The predicted octanol–water partition coefficient (Wildman–Crippen LogP) is 0.589. The van der Waals surface area contributed by atoms with E-state index < -0.39 is 30.2 Å². The maximum absolute atomic E-state index is 13.2. The number of methoxy groups -OCH3 is 2. The first-order chi connectivity index (χ1) is 15.4. The minimum atomic E-state index is -1.07. The number of nitrogens with zero attached hydrogens (tertiary/aromatic N) is 2. The average Bonchev–Trinajstić information content (AvgIpc) is 3.17. The van der Waals surface area contributed by atoms with Crippen LogP contribution in [0.4, 0.5) is 5.69 Å². The van der Waals surface area contributed by atoms with Crippen LogP contribution in [0, 0.1) is 5.92 Å². The van der Waals surface area contributed by atoms with Crippen molar-refractivity contribution in [1.29, 1.82) is 0 Å². The zero-order valence-corrected chi connectivity index (χ0v) is 18.6. The van der Waals surface area contributed by atoms with Crippen molar-refractivity contribution in [2.75, 3.05) is 19.1 Å². The van der Waals surface area contributed by atoms with E-state index >= 15 is 0 Å². The van der Waals surface area contributed by atoms with Gasteiger partial charge in [-0.3, -0.25) is 9.78 Å². The van der Waals surface area contributed by atoms with Gasteiger partial charge in [-0.25, -0.2) is 0 Å². The van der Waals surface area contributed by atoms with Crippen LogP contribution in [0.5, 0.6) is 11.5 Å². The fraction of sp³-hybridized carbons (Fsp3) is 0.409. The number of amides is 1. The predicted molar refractivity (Wildman–Crippen MR) is 122 cm³/mol. The molecule has 4 rings (SSSR count). The fourth-order valence-electron chi connectivity index (χ4n) is 4.40. The van der Waals surface area contributed by atoms with Gasteiger partial charge in [-0.2, -0.15) is 0 Å². The minimum absolute atomic E-state index is 0.100. The largest absolute Gasteiger partial charge is 0.497 e. The molecular weight excluding hydrogens is 432 g/mol. The average molecular weight is 459 g/mol. The van der Waals surface area contributed by atoms with Crippen LogP contribution in [0.15, 0.2) is 42.7 Å². The van der Waals surface area contributed by atoms with E-state index in [2.05, 4.69) is 15.6 Å². The summed E-state index contributed by atoms with van der Waals surface area (Å²) in [5.74, 6) is 0.278. The first kappa shape index (κ1) is 22.3. The molecule has 1 saturated carbocycles. The number of aliphatic hydroxyl groups is 2. The number of aliphatic hydroxyl groups excluding tert-OH is 2. The van der Waals surface area contributed by atoms with Crippen molar-refractivity contribution in [3.63, 3.8) is 0 Å². The third-order valence-electron chi connectivity index (χ3n) is 5.99. The summed E-state index contributed by atoms with van der Waals surface area (Å²) in [5.41, 5.74) is 1.53. The number of benzene rings is 1. The Morgan fingerprint density at radius 2 is 2.00 bits per heavy atom. The van der Waals surface area contributed by atoms with E-state index in [9.17, 15) is 15.0 Å². The number of thiocarbonyl (C=S) groups is 1. The SMILES string of the molecule is COc1cc(OC)cc(N2C(=S)N[C@H]3[C@@H](O)[C@H](O)C[C@@H](C(=O)NCc4cccnc4)[C@@H]32)c1. The van der Waals surface area contributed by atoms with Crippen LogP contribution >= 0.6 is 12.2 Å². The van der Waals surface area contributed by atoms with E-state index in [1.54, 1.807) is 55.8 Å². The number of hydrogen-bond acceptors (Lipinski definition) is 7. The fourth-order valence-corrected chi connectivity index (χ4v) is 4.76. The van der Waals surface area contributed by atoms with Crippen LogP contribution in [0.2, 0.25) is 0 Å². The lowest BCUT2D eigenvalue weighted by molar-refractivity contribution is -0.131. The molecule has 0 bridgehead atoms. The molecular formula is C22H26N4O5S. The van der Waals surface area contributed by atoms with Crippen molar-refractivity contribution in [1.82, 2.24) is 15.6 Å². The number of anilines is 1. The maximum atomic E-state index is 13.2. The molecule has 2 heterocycles. The number of rotatable bonds is 6. The molecule has 2 aromatic rings. The second-order valence-corrected chi connectivity index (χ2v) is 8.27. The summed E-state index contributed by atoms with van der Waals surface area (Å²) in [6.45, 7) is 0.310. The van der Waals surface area contributed by atoms with Gasteiger partial charge in [0.2, 0.25) is 5.91 Å². The smallest absolute Gasteiger partial charge is 0.225 e. The first-order valence-electron chi connectivity index (χ1n) is 10.3. The number of hydrogen-bond donors (Lipinski definition) is 4. The molecule has 0 radical (unpaired) electrons. The Morgan fingerprint density at radius 1 is 1.28 bits per heavy atom. The molecule has 1 aliphatic heterocycles. The van der Waals surface area contributed by atoms with E-state index in [0.29, 0.717) is 28.8 Å². The number of ether oxygens (including phenoxy) is 2. The van der Waals surface area contributed by atoms with E-state index in [0.717, 1.165) is 5.56 Å². The van der Waals surface area contributed by atoms with Gasteiger partial charge in [0.25, 0.3) is 0 Å². The number of aromatic nitrogens is 1. The van der Waals surface area contributed by atoms with Crippen molar-refractivity contribution in [3.8, 4) is 11.5 Å². The van der Waals surface area contributed by atoms with Crippen LogP contribution in [0.1, 0.15) is 12.0 Å². The molecule has 1 amide bonds. The Kier molecular flexibility index (Phi) is 6.45. The zero-order chi connectivity index (χ0) is 22.8. The molecule has 4 N–H and O–H groups in total. The number of nitrogens with one attached hydrogen (secondary N) is 2. The van der Waals surface area contributed by atoms with Crippen molar-refractivity contribution in [3.05, 3.63) is 48.3 Å². The molecule has 9 nitrogen and oxygen atoms in total. The van der Waals surface area contributed by atoms with E-state index in [1.165, 1.54) is 0 Å². The Balaban J connectivity index is 1.65. The van der Waals surface area contributed by atoms with Crippen molar-refractivity contribution >= 4 is 28.9 Å². The van der Waals surface area contributed by atoms with E-state index in [4.69, 9.17) is 21.7 Å². The highest BCUT2D eigenvalue weighted by Gasteiger charge is 2.54. The van der Waals surface area contributed by atoms with Crippen LogP contribution in [0.25, 0.3) is 0 Å². The Hall–Kier alpha value is -2.95. The Morgan fingerprint density at radius 3 is 2.62 bits per heavy atom. The highest BCUT2D eigenvalue weighted by molar-refractivity contribution is 7.80. The molecule has 1 saturated heterocycles. The molecule has 170 valence electrons. The van der Waals surface area contributed by atoms with Crippen molar-refractivity contribution in [2.45, 2.75) is 37.3 Å². The van der Waals surface area contributed by atoms with Gasteiger partial charge < -0.3 is 35.2 Å². The van der Waals surface area contributed by atoms with Crippen LogP contribution in [-0.2, 0) is 11.3 Å². The summed E-state index contributed by atoms with van der Waals surface area (Å²) in [4.78, 5) is 19.1. The molecule has 2 fully saturated rings. The third kappa shape index (κ3) is 4.21. The maximum Gasteiger partial charge on any atom is 0.225 e. The van der Waals surface area contributed by atoms with Gasteiger partial charge in [-0.15, -0.1) is 0 Å². The van der Waals surface area contributed by atoms with Gasteiger partial charge in [0.15, 0.2) is 5.11 Å². The quantitative estimate of drug-likeness (QED) is 0.462. The molecule has 0 unspecified atom stereocenters. The first-order valence-corrected chi connectivity index (χ1v) is 10.7. The summed E-state index contributed by atoms with van der Waals surface area (Å²) in [6.07, 6.45) is 1.32. The molecule has 32 heavy (non-hydrogen) atoms. The van der Waals surface area contributed by atoms with Gasteiger partial charge in [0.1, 0.15) is 17.6 Å². The summed E-state index contributed by atoms with van der Waals surface area (Å²) >= 11 is 5.57. The number of carbonyl (C=O) groups is 1. The monoisotopic (exact) mass is 458 g/mol. The summed E-state index contributed by atoms with van der Waals surface area (Å²) in [6, 6.07) is 7.88. The Labute approximate surface area is 191 Å². The summed E-state index contributed by atoms with van der Waals surface area (Å²) in [7, 11) is 3.11. The second kappa shape index (κ2) is 9.27. The molecule has 5 atom stereocenters. The molecule has 2 aliphatic rings. The third-order valence-corrected chi connectivity index (χ3v) is 6.30. The van der Waals surface area contributed by atoms with Crippen LogP contribution in [-0.4, -0.2) is 64.7 Å². The molecule has 10 heteroatoms. The topological polar surface area (TPSA) is 116 Å². The van der Waals surface area contributed by atoms with E-state index in [1.807, 2.05) is 6.07 Å². The molecule has 1 aliphatic carbocycles. The number of fused-ring (bicyclic) bond motifs is 1. The lowest BCUT2D eigenvalue weighted by Gasteiger charge is -2.41. The van der Waals surface area contributed by atoms with Crippen molar-refractivity contribution < 1.29 is 24.5 Å². The lowest BCUT2D eigenvalue weighted by Crippen LogP contribution is -2.60. The standard InChI is InChI=1S/C22H26N4O5S/c1-30-14-6-13(7-15(8-14)31-2)26-19-16(9-17(27)20(28)18(19)25-22(26)32)21(29)24-11-12-4-3-5-23-10-12/h3-8,10,16-20,27-28H,9,11H2,1-2H3,(H,24,29)(H,25,32)/t16-,17-,18-,19+,20+/m1/s1. The molecule has 1 aromatic heterocycles. The lowest BCUT2D eigenvalue weighted by atomic mass is 9.77. The van der Waals surface area contributed by atoms with Gasteiger partial charge in [-0.1, -0.05) is 6.07 Å². The summed E-state index contributed by atoms with van der Waals surface area (Å²) < 4.78 is 10.8. The zero-order valence-electron chi connectivity index (χ0n) is 17.8. The van der Waals surface area contributed by atoms with E-state index in [-0.39, 0.29) is 12.3 Å². The highest BCUT2D eigenvalue weighted by Crippen LogP contribution is 2.39. The van der Waals surface area contributed by atoms with Crippen molar-refractivity contribution in [2.24, 2.45) is 5.92 Å². The van der Waals surface area contributed by atoms with Gasteiger partial charge in [-0.05, 0) is 30.3 Å².